The molecule has 0 saturated carbocycles. The molecule has 0 aliphatic heterocycles. The fraction of sp³-hybridized carbons (Fsp3) is 0.385. The van der Waals surface area contributed by atoms with Crippen LogP contribution in [0.3, 0.4) is 0 Å². The smallest absolute Gasteiger partial charge is 0.247 e. The molecule has 0 spiro atoms. The van der Waals surface area contributed by atoms with Gasteiger partial charge in [0.05, 0.1) is 5.75 Å². The van der Waals surface area contributed by atoms with E-state index in [4.69, 9.17) is 4.42 Å². The van der Waals surface area contributed by atoms with E-state index in [0.717, 1.165) is 16.8 Å². The highest BCUT2D eigenvalue weighted by Gasteiger charge is 2.12. The summed E-state index contributed by atoms with van der Waals surface area (Å²) in [6, 6.07) is 5.50. The Morgan fingerprint density at radius 1 is 1.40 bits per heavy atom. The molecule has 6 nitrogen and oxygen atoms in total. The fourth-order valence-electron chi connectivity index (χ4n) is 2.02. The zero-order valence-electron chi connectivity index (χ0n) is 11.6. The van der Waals surface area contributed by atoms with Crippen molar-refractivity contribution in [1.82, 2.24) is 10.2 Å². The van der Waals surface area contributed by atoms with Gasteiger partial charge < -0.3 is 9.73 Å². The molecule has 0 radical (unpaired) electrons. The SMILES string of the molecule is Cc1cc(-c2nnco2)ccc1NC(C)CS(C)(=O)=O. The summed E-state index contributed by atoms with van der Waals surface area (Å²) in [4.78, 5) is 0. The number of nitrogens with zero attached hydrogens (tertiary/aromatic N) is 2. The number of benzene rings is 1. The minimum Gasteiger partial charge on any atom is -0.423 e. The molecule has 1 N–H and O–H groups in total. The van der Waals surface area contributed by atoms with Crippen molar-refractivity contribution in [2.75, 3.05) is 17.3 Å². The molecule has 2 aromatic rings. The van der Waals surface area contributed by atoms with Crippen LogP contribution in [0.2, 0.25) is 0 Å². The monoisotopic (exact) mass is 295 g/mol. The first kappa shape index (κ1) is 14.5. The van der Waals surface area contributed by atoms with E-state index in [1.54, 1.807) is 0 Å². The van der Waals surface area contributed by atoms with Gasteiger partial charge in [-0.05, 0) is 37.6 Å². The van der Waals surface area contributed by atoms with Crippen LogP contribution in [0.4, 0.5) is 5.69 Å². The summed E-state index contributed by atoms with van der Waals surface area (Å²) in [6.45, 7) is 3.78. The van der Waals surface area contributed by atoms with Crippen LogP contribution in [0, 0.1) is 6.92 Å². The molecule has 1 heterocycles. The zero-order valence-corrected chi connectivity index (χ0v) is 12.4. The summed E-state index contributed by atoms with van der Waals surface area (Å²) in [7, 11) is -3.00. The number of hydrogen-bond acceptors (Lipinski definition) is 6. The van der Waals surface area contributed by atoms with E-state index < -0.39 is 9.84 Å². The highest BCUT2D eigenvalue weighted by molar-refractivity contribution is 7.90. The summed E-state index contributed by atoms with van der Waals surface area (Å²) >= 11 is 0. The number of nitrogens with one attached hydrogen (secondary N) is 1. The highest BCUT2D eigenvalue weighted by Crippen LogP contribution is 2.23. The van der Waals surface area contributed by atoms with Gasteiger partial charge in [0.2, 0.25) is 12.3 Å². The van der Waals surface area contributed by atoms with Gasteiger partial charge >= 0.3 is 0 Å². The minimum absolute atomic E-state index is 0.0951. The Bertz CT molecular complexity index is 681. The van der Waals surface area contributed by atoms with Gasteiger partial charge in [-0.2, -0.15) is 0 Å². The second kappa shape index (κ2) is 5.62. The van der Waals surface area contributed by atoms with Crippen molar-refractivity contribution in [3.8, 4) is 11.5 Å². The topological polar surface area (TPSA) is 85.1 Å². The van der Waals surface area contributed by atoms with Crippen LogP contribution in [-0.2, 0) is 9.84 Å². The van der Waals surface area contributed by atoms with E-state index in [2.05, 4.69) is 15.5 Å². The predicted molar refractivity (Wildman–Crippen MR) is 77.3 cm³/mol. The Kier molecular flexibility index (Phi) is 4.08. The van der Waals surface area contributed by atoms with E-state index >= 15 is 0 Å². The minimum atomic E-state index is -3.00. The number of hydrogen-bond donors (Lipinski definition) is 1. The van der Waals surface area contributed by atoms with Crippen LogP contribution < -0.4 is 5.32 Å². The molecule has 0 aliphatic rings. The van der Waals surface area contributed by atoms with Gasteiger partial charge in [-0.15, -0.1) is 10.2 Å². The van der Waals surface area contributed by atoms with Crippen molar-refractivity contribution < 1.29 is 12.8 Å². The Hall–Kier alpha value is -1.89. The molecule has 20 heavy (non-hydrogen) atoms. The molecule has 0 aliphatic carbocycles. The molecule has 7 heteroatoms. The lowest BCUT2D eigenvalue weighted by Crippen LogP contribution is -2.25. The maximum atomic E-state index is 11.3. The van der Waals surface area contributed by atoms with E-state index in [0.29, 0.717) is 5.89 Å². The van der Waals surface area contributed by atoms with Crippen LogP contribution in [0.5, 0.6) is 0 Å². The van der Waals surface area contributed by atoms with Gasteiger partial charge in [0.25, 0.3) is 0 Å². The Balaban J connectivity index is 2.14. The molecule has 1 unspecified atom stereocenters. The van der Waals surface area contributed by atoms with Gasteiger partial charge in [0.15, 0.2) is 0 Å². The van der Waals surface area contributed by atoms with Crippen LogP contribution >= 0.6 is 0 Å². The molecular weight excluding hydrogens is 278 g/mol. The Morgan fingerprint density at radius 2 is 2.15 bits per heavy atom. The van der Waals surface area contributed by atoms with Crippen molar-refractivity contribution in [3.63, 3.8) is 0 Å². The number of sulfone groups is 1. The van der Waals surface area contributed by atoms with E-state index in [9.17, 15) is 8.42 Å². The van der Waals surface area contributed by atoms with Gasteiger partial charge in [0.1, 0.15) is 9.84 Å². The van der Waals surface area contributed by atoms with Gasteiger partial charge in [-0.1, -0.05) is 0 Å². The largest absolute Gasteiger partial charge is 0.423 e. The molecule has 1 atom stereocenters. The van der Waals surface area contributed by atoms with Crippen LogP contribution in [-0.4, -0.2) is 36.7 Å². The molecule has 0 fully saturated rings. The molecule has 0 bridgehead atoms. The lowest BCUT2D eigenvalue weighted by Gasteiger charge is -2.16. The van der Waals surface area contributed by atoms with E-state index in [1.807, 2.05) is 32.0 Å². The lowest BCUT2D eigenvalue weighted by atomic mass is 10.1. The first-order chi connectivity index (χ1) is 9.35. The van der Waals surface area contributed by atoms with Crippen LogP contribution in [0.1, 0.15) is 12.5 Å². The maximum absolute atomic E-state index is 11.3. The Labute approximate surface area is 118 Å². The third kappa shape index (κ3) is 3.80. The average molecular weight is 295 g/mol. The number of aryl methyl sites for hydroxylation is 1. The average Bonchev–Trinajstić information content (AvgIpc) is 2.82. The van der Waals surface area contributed by atoms with Crippen molar-refractivity contribution in [2.24, 2.45) is 0 Å². The molecule has 1 aromatic heterocycles. The third-order valence-electron chi connectivity index (χ3n) is 2.79. The van der Waals surface area contributed by atoms with Crippen molar-refractivity contribution >= 4 is 15.5 Å². The van der Waals surface area contributed by atoms with Crippen LogP contribution in [0.25, 0.3) is 11.5 Å². The fourth-order valence-corrected chi connectivity index (χ4v) is 3.01. The van der Waals surface area contributed by atoms with Crippen molar-refractivity contribution in [3.05, 3.63) is 30.2 Å². The quantitative estimate of drug-likeness (QED) is 0.906. The second-order valence-corrected chi connectivity index (χ2v) is 7.10. The van der Waals surface area contributed by atoms with Gasteiger partial charge in [-0.3, -0.25) is 0 Å². The Morgan fingerprint density at radius 3 is 2.70 bits per heavy atom. The summed E-state index contributed by atoms with van der Waals surface area (Å²) in [5.41, 5.74) is 2.71. The first-order valence-corrected chi connectivity index (χ1v) is 8.22. The second-order valence-electron chi connectivity index (χ2n) is 4.91. The number of rotatable bonds is 5. The molecule has 108 valence electrons. The normalized spacial score (nSPS) is 13.2. The van der Waals surface area contributed by atoms with Crippen molar-refractivity contribution in [1.29, 1.82) is 0 Å². The standard InChI is InChI=1S/C13H17N3O3S/c1-9-6-11(13-16-14-8-19-13)4-5-12(9)15-10(2)7-20(3,17)18/h4-6,8,10,15H,7H2,1-3H3. The maximum Gasteiger partial charge on any atom is 0.247 e. The molecule has 1 aromatic carbocycles. The molecule has 0 saturated heterocycles. The molecular formula is C13H17N3O3S. The van der Waals surface area contributed by atoms with Crippen LogP contribution in [0.15, 0.2) is 29.0 Å². The third-order valence-corrected chi connectivity index (χ3v) is 3.89. The predicted octanol–water partition coefficient (Wildman–Crippen LogP) is 1.89. The lowest BCUT2D eigenvalue weighted by molar-refractivity contribution is 0.568. The first-order valence-electron chi connectivity index (χ1n) is 6.16. The van der Waals surface area contributed by atoms with E-state index in [-0.39, 0.29) is 11.8 Å². The summed E-state index contributed by atoms with van der Waals surface area (Å²) in [6.07, 6.45) is 2.52. The van der Waals surface area contributed by atoms with E-state index in [1.165, 1.54) is 12.6 Å². The summed E-state index contributed by atoms with van der Waals surface area (Å²) < 4.78 is 27.7. The van der Waals surface area contributed by atoms with Gasteiger partial charge in [0, 0.05) is 23.5 Å². The zero-order chi connectivity index (χ0) is 14.8. The number of anilines is 1. The summed E-state index contributed by atoms with van der Waals surface area (Å²) in [5, 5.41) is 10.7. The molecule has 0 amide bonds. The van der Waals surface area contributed by atoms with Gasteiger partial charge in [-0.25, -0.2) is 8.42 Å². The highest BCUT2D eigenvalue weighted by atomic mass is 32.2. The van der Waals surface area contributed by atoms with Crippen molar-refractivity contribution in [2.45, 2.75) is 19.9 Å². The summed E-state index contributed by atoms with van der Waals surface area (Å²) in [5.74, 6) is 0.557. The molecule has 2 rings (SSSR count). The number of aromatic nitrogens is 2.